The van der Waals surface area contributed by atoms with E-state index in [0.29, 0.717) is 0 Å². The van der Waals surface area contributed by atoms with Crippen LogP contribution in [0.2, 0.25) is 0 Å². The normalized spacial score (nSPS) is 16.9. The van der Waals surface area contributed by atoms with Gasteiger partial charge in [-0.3, -0.25) is 5.41 Å². The van der Waals surface area contributed by atoms with Crippen LogP contribution in [0.15, 0.2) is 24.3 Å². The highest BCUT2D eigenvalue weighted by Gasteiger charge is 2.13. The van der Waals surface area contributed by atoms with Crippen LogP contribution in [0, 0.1) is 5.41 Å². The van der Waals surface area contributed by atoms with E-state index in [1.54, 1.807) is 0 Å². The Bertz CT molecular complexity index is 372. The predicted octanol–water partition coefficient (Wildman–Crippen LogP) is 2.38. The molecule has 17 heavy (non-hydrogen) atoms. The first-order valence-corrected chi connectivity index (χ1v) is 6.93. The minimum atomic E-state index is 0.133. The Hall–Kier alpha value is -1.00. The molecule has 3 nitrogen and oxygen atoms in total. The van der Waals surface area contributed by atoms with Crippen molar-refractivity contribution < 1.29 is 4.74 Å². The van der Waals surface area contributed by atoms with Gasteiger partial charge in [0.15, 0.2) is 0 Å². The van der Waals surface area contributed by atoms with Gasteiger partial charge in [-0.2, -0.15) is 11.8 Å². The summed E-state index contributed by atoms with van der Waals surface area (Å²) in [7, 11) is 0. The first kappa shape index (κ1) is 12.5. The van der Waals surface area contributed by atoms with Gasteiger partial charge in [0.2, 0.25) is 0 Å². The summed E-state index contributed by atoms with van der Waals surface area (Å²) in [6.07, 6.45) is 2.33. The van der Waals surface area contributed by atoms with Gasteiger partial charge in [-0.25, -0.2) is 0 Å². The molecule has 0 aliphatic carbocycles. The highest BCUT2D eigenvalue weighted by atomic mass is 32.2. The van der Waals surface area contributed by atoms with E-state index in [-0.39, 0.29) is 5.84 Å². The molecule has 2 rings (SSSR count). The van der Waals surface area contributed by atoms with E-state index < -0.39 is 0 Å². The van der Waals surface area contributed by atoms with Crippen LogP contribution in [0.3, 0.4) is 0 Å². The second-order valence-corrected chi connectivity index (χ2v) is 5.52. The number of nitrogens with one attached hydrogen (secondary N) is 1. The fraction of sp³-hybridized carbons (Fsp3) is 0.462. The number of thioether (sulfide) groups is 1. The van der Waals surface area contributed by atoms with E-state index in [0.717, 1.165) is 42.6 Å². The van der Waals surface area contributed by atoms with Crippen LogP contribution in [-0.4, -0.2) is 24.3 Å². The molecule has 1 fully saturated rings. The van der Waals surface area contributed by atoms with E-state index in [9.17, 15) is 0 Å². The zero-order valence-electron chi connectivity index (χ0n) is 9.82. The summed E-state index contributed by atoms with van der Waals surface area (Å²) < 4.78 is 5.34. The van der Waals surface area contributed by atoms with E-state index in [1.807, 2.05) is 23.9 Å². The summed E-state index contributed by atoms with van der Waals surface area (Å²) in [6, 6.07) is 7.95. The van der Waals surface area contributed by atoms with Gasteiger partial charge < -0.3 is 10.5 Å². The summed E-state index contributed by atoms with van der Waals surface area (Å²) in [4.78, 5) is 0. The molecule has 0 atom stereocenters. The number of benzene rings is 1. The molecular weight excluding hydrogens is 232 g/mol. The van der Waals surface area contributed by atoms with Gasteiger partial charge in [-0.05, 0) is 18.4 Å². The molecule has 92 valence electrons. The van der Waals surface area contributed by atoms with Crippen LogP contribution in [0.4, 0.5) is 0 Å². The SMILES string of the molecule is N=C(N)c1ccc(CSC2CCOCC2)cc1. The zero-order valence-corrected chi connectivity index (χ0v) is 10.6. The lowest BCUT2D eigenvalue weighted by atomic mass is 10.1. The molecule has 3 N–H and O–H groups in total. The van der Waals surface area contributed by atoms with Gasteiger partial charge in [0.25, 0.3) is 0 Å². The van der Waals surface area contributed by atoms with Crippen molar-refractivity contribution in [3.63, 3.8) is 0 Å². The first-order chi connectivity index (χ1) is 8.25. The fourth-order valence-corrected chi connectivity index (χ4v) is 2.98. The summed E-state index contributed by atoms with van der Waals surface area (Å²) in [5.74, 6) is 1.16. The van der Waals surface area contributed by atoms with Crippen molar-refractivity contribution in [3.05, 3.63) is 35.4 Å². The Morgan fingerprint density at radius 3 is 2.53 bits per heavy atom. The van der Waals surface area contributed by atoms with Crippen molar-refractivity contribution in [2.75, 3.05) is 13.2 Å². The molecule has 4 heteroatoms. The minimum Gasteiger partial charge on any atom is -0.384 e. The Labute approximate surface area is 106 Å². The van der Waals surface area contributed by atoms with Crippen molar-refractivity contribution in [2.45, 2.75) is 23.8 Å². The van der Waals surface area contributed by atoms with Gasteiger partial charge in [-0.15, -0.1) is 0 Å². The van der Waals surface area contributed by atoms with E-state index in [1.165, 1.54) is 5.56 Å². The molecule has 0 spiro atoms. The number of nitrogen functional groups attached to an aromatic ring is 1. The average molecular weight is 250 g/mol. The summed E-state index contributed by atoms with van der Waals surface area (Å²) in [5.41, 5.74) is 7.51. The van der Waals surface area contributed by atoms with Crippen molar-refractivity contribution in [1.29, 1.82) is 5.41 Å². The summed E-state index contributed by atoms with van der Waals surface area (Å²) >= 11 is 2.00. The zero-order chi connectivity index (χ0) is 12.1. The van der Waals surface area contributed by atoms with E-state index in [4.69, 9.17) is 15.9 Å². The topological polar surface area (TPSA) is 59.1 Å². The number of hydrogen-bond acceptors (Lipinski definition) is 3. The van der Waals surface area contributed by atoms with Gasteiger partial charge in [0.05, 0.1) is 0 Å². The minimum absolute atomic E-state index is 0.133. The number of rotatable bonds is 4. The van der Waals surface area contributed by atoms with Crippen LogP contribution >= 0.6 is 11.8 Å². The highest BCUT2D eigenvalue weighted by molar-refractivity contribution is 7.99. The predicted molar refractivity (Wildman–Crippen MR) is 72.6 cm³/mol. The monoisotopic (exact) mass is 250 g/mol. The lowest BCUT2D eigenvalue weighted by Gasteiger charge is -2.21. The molecule has 0 saturated carbocycles. The third-order valence-corrected chi connectivity index (χ3v) is 4.36. The van der Waals surface area contributed by atoms with Gasteiger partial charge in [0.1, 0.15) is 5.84 Å². The Morgan fingerprint density at radius 2 is 1.94 bits per heavy atom. The molecule has 0 unspecified atom stereocenters. The van der Waals surface area contributed by atoms with Crippen molar-refractivity contribution >= 4 is 17.6 Å². The second kappa shape index (κ2) is 6.07. The Kier molecular flexibility index (Phi) is 4.45. The molecule has 1 aliphatic rings. The highest BCUT2D eigenvalue weighted by Crippen LogP contribution is 2.25. The lowest BCUT2D eigenvalue weighted by molar-refractivity contribution is 0.1000. The molecule has 0 aromatic heterocycles. The lowest BCUT2D eigenvalue weighted by Crippen LogP contribution is -2.17. The third-order valence-electron chi connectivity index (χ3n) is 2.92. The van der Waals surface area contributed by atoms with Crippen molar-refractivity contribution in [1.82, 2.24) is 0 Å². The molecular formula is C13H18N2OS. The number of hydrogen-bond donors (Lipinski definition) is 2. The molecule has 1 heterocycles. The Balaban J connectivity index is 1.84. The van der Waals surface area contributed by atoms with E-state index >= 15 is 0 Å². The number of amidine groups is 1. The quantitative estimate of drug-likeness (QED) is 0.637. The molecule has 1 aliphatic heterocycles. The van der Waals surface area contributed by atoms with E-state index in [2.05, 4.69) is 12.1 Å². The maximum absolute atomic E-state index is 7.33. The van der Waals surface area contributed by atoms with Gasteiger partial charge in [0, 0.05) is 29.8 Å². The summed E-state index contributed by atoms with van der Waals surface area (Å²) in [5, 5.41) is 8.06. The largest absolute Gasteiger partial charge is 0.384 e. The van der Waals surface area contributed by atoms with Crippen LogP contribution in [-0.2, 0) is 10.5 Å². The van der Waals surface area contributed by atoms with Crippen LogP contribution in [0.25, 0.3) is 0 Å². The van der Waals surface area contributed by atoms with Crippen LogP contribution in [0.1, 0.15) is 24.0 Å². The van der Waals surface area contributed by atoms with Crippen LogP contribution < -0.4 is 5.73 Å². The third kappa shape index (κ3) is 3.75. The Morgan fingerprint density at radius 1 is 1.29 bits per heavy atom. The molecule has 0 radical (unpaired) electrons. The second-order valence-electron chi connectivity index (χ2n) is 4.23. The van der Waals surface area contributed by atoms with Crippen molar-refractivity contribution in [3.8, 4) is 0 Å². The average Bonchev–Trinajstić information content (AvgIpc) is 2.38. The van der Waals surface area contributed by atoms with Crippen LogP contribution in [0.5, 0.6) is 0 Å². The molecule has 1 saturated heterocycles. The molecule has 0 bridgehead atoms. The van der Waals surface area contributed by atoms with Gasteiger partial charge >= 0.3 is 0 Å². The molecule has 1 aromatic carbocycles. The smallest absolute Gasteiger partial charge is 0.122 e. The number of nitrogens with two attached hydrogens (primary N) is 1. The first-order valence-electron chi connectivity index (χ1n) is 5.88. The molecule has 1 aromatic rings. The van der Waals surface area contributed by atoms with Gasteiger partial charge in [-0.1, -0.05) is 24.3 Å². The van der Waals surface area contributed by atoms with Crippen molar-refractivity contribution in [2.24, 2.45) is 5.73 Å². The molecule has 0 amide bonds. The number of ether oxygens (including phenoxy) is 1. The standard InChI is InChI=1S/C13H18N2OS/c14-13(15)11-3-1-10(2-4-11)9-17-12-5-7-16-8-6-12/h1-4,12H,5-9H2,(H3,14,15). The maximum Gasteiger partial charge on any atom is 0.122 e. The summed E-state index contributed by atoms with van der Waals surface area (Å²) in [6.45, 7) is 1.81. The fourth-order valence-electron chi connectivity index (χ4n) is 1.84. The maximum atomic E-state index is 7.33.